The highest BCUT2D eigenvalue weighted by Crippen LogP contribution is 2.11. The van der Waals surface area contributed by atoms with Crippen molar-refractivity contribution in [3.63, 3.8) is 0 Å². The number of carbonyl (C=O) groups excluding carboxylic acids is 1. The third-order valence-corrected chi connectivity index (χ3v) is 4.29. The van der Waals surface area contributed by atoms with Crippen molar-refractivity contribution in [3.05, 3.63) is 0 Å². The minimum absolute atomic E-state index is 0.399. The number of hydrogen-bond donors (Lipinski definition) is 2. The van der Waals surface area contributed by atoms with Crippen molar-refractivity contribution >= 4 is 35.6 Å². The minimum Gasteiger partial charge on any atom is -0.480 e. The van der Waals surface area contributed by atoms with Crippen LogP contribution in [0.5, 0.6) is 0 Å². The van der Waals surface area contributed by atoms with Gasteiger partial charge < -0.3 is 15.2 Å². The van der Waals surface area contributed by atoms with Crippen LogP contribution in [0.25, 0.3) is 0 Å². The smallest absolute Gasteiger partial charge is 0.408 e. The summed E-state index contributed by atoms with van der Waals surface area (Å²) < 4.78 is 5.05. The second kappa shape index (κ2) is 10.2. The number of carboxylic acid groups (broad SMARTS) is 1. The molecule has 0 radical (unpaired) electrons. The lowest BCUT2D eigenvalue weighted by molar-refractivity contribution is -0.139. The Labute approximate surface area is 129 Å². The zero-order valence-electron chi connectivity index (χ0n) is 12.6. The number of aliphatic carboxylic acids is 1. The van der Waals surface area contributed by atoms with Gasteiger partial charge in [-0.25, -0.2) is 9.59 Å². The molecule has 2 N–H and O–H groups in total. The summed E-state index contributed by atoms with van der Waals surface area (Å²) in [6.07, 6.45) is -0.285. The van der Waals surface area contributed by atoms with E-state index in [1.165, 1.54) is 0 Å². The molecule has 0 rings (SSSR count). The molecule has 118 valence electrons. The van der Waals surface area contributed by atoms with Crippen molar-refractivity contribution in [2.75, 3.05) is 23.0 Å². The van der Waals surface area contributed by atoms with Crippen LogP contribution < -0.4 is 5.32 Å². The molecule has 20 heavy (non-hydrogen) atoms. The summed E-state index contributed by atoms with van der Waals surface area (Å²) in [6.45, 7) is 7.33. The van der Waals surface area contributed by atoms with Crippen molar-refractivity contribution in [1.82, 2.24) is 5.32 Å². The average molecular weight is 323 g/mol. The molecule has 0 aliphatic heterocycles. The topological polar surface area (TPSA) is 75.6 Å². The fraction of sp³-hybridized carbons (Fsp3) is 0.846. The van der Waals surface area contributed by atoms with Crippen LogP contribution in [-0.4, -0.2) is 51.8 Å². The zero-order chi connectivity index (χ0) is 15.6. The highest BCUT2D eigenvalue weighted by atomic mass is 32.2. The van der Waals surface area contributed by atoms with Gasteiger partial charge in [-0.15, -0.1) is 0 Å². The van der Waals surface area contributed by atoms with E-state index in [9.17, 15) is 9.59 Å². The molecule has 1 amide bonds. The Bertz CT molecular complexity index is 305. The van der Waals surface area contributed by atoms with Gasteiger partial charge >= 0.3 is 12.1 Å². The van der Waals surface area contributed by atoms with E-state index in [0.29, 0.717) is 12.2 Å². The number of hydrogen-bond acceptors (Lipinski definition) is 5. The summed E-state index contributed by atoms with van der Waals surface area (Å²) in [6, 6.07) is -0.892. The van der Waals surface area contributed by atoms with E-state index >= 15 is 0 Å². The largest absolute Gasteiger partial charge is 0.480 e. The Balaban J connectivity index is 3.99. The SMILES string of the molecule is CCSCCSCCC(NC(=O)OC(C)(C)C)C(=O)O. The predicted octanol–water partition coefficient (Wildman–Crippen LogP) is 2.84. The standard InChI is InChI=1S/C13H25NO4S2/c1-5-19-8-9-20-7-6-10(11(15)16)14-12(17)18-13(2,3)4/h10H,5-9H2,1-4H3,(H,14,17)(H,15,16). The van der Waals surface area contributed by atoms with Gasteiger partial charge in [-0.05, 0) is 38.7 Å². The van der Waals surface area contributed by atoms with Crippen LogP contribution in [0.1, 0.15) is 34.1 Å². The van der Waals surface area contributed by atoms with Crippen molar-refractivity contribution in [2.24, 2.45) is 0 Å². The van der Waals surface area contributed by atoms with Gasteiger partial charge in [0.25, 0.3) is 0 Å². The van der Waals surface area contributed by atoms with Gasteiger partial charge in [0.15, 0.2) is 0 Å². The van der Waals surface area contributed by atoms with Gasteiger partial charge in [0.05, 0.1) is 0 Å². The summed E-state index contributed by atoms with van der Waals surface area (Å²) in [5.41, 5.74) is -0.626. The molecule has 0 aliphatic carbocycles. The fourth-order valence-corrected chi connectivity index (χ4v) is 3.11. The number of carboxylic acids is 1. The van der Waals surface area contributed by atoms with Crippen LogP contribution in [-0.2, 0) is 9.53 Å². The number of nitrogens with one attached hydrogen (secondary N) is 1. The molecular weight excluding hydrogens is 298 g/mol. The van der Waals surface area contributed by atoms with Crippen LogP contribution in [0.15, 0.2) is 0 Å². The summed E-state index contributed by atoms with van der Waals surface area (Å²) in [7, 11) is 0. The lowest BCUT2D eigenvalue weighted by Gasteiger charge is -2.21. The predicted molar refractivity (Wildman–Crippen MR) is 85.7 cm³/mol. The van der Waals surface area contributed by atoms with E-state index in [0.717, 1.165) is 17.3 Å². The Morgan fingerprint density at radius 1 is 1.20 bits per heavy atom. The van der Waals surface area contributed by atoms with Gasteiger partial charge in [0.1, 0.15) is 11.6 Å². The van der Waals surface area contributed by atoms with E-state index in [1.807, 2.05) is 11.8 Å². The lowest BCUT2D eigenvalue weighted by atomic mass is 10.2. The van der Waals surface area contributed by atoms with E-state index in [2.05, 4.69) is 12.2 Å². The first-order valence-electron chi connectivity index (χ1n) is 6.64. The molecule has 0 aromatic rings. The van der Waals surface area contributed by atoms with Gasteiger partial charge in [-0.2, -0.15) is 23.5 Å². The monoisotopic (exact) mass is 323 g/mol. The minimum atomic E-state index is -1.03. The van der Waals surface area contributed by atoms with Crippen LogP contribution in [0.2, 0.25) is 0 Å². The van der Waals surface area contributed by atoms with Crippen LogP contribution >= 0.6 is 23.5 Å². The lowest BCUT2D eigenvalue weighted by Crippen LogP contribution is -2.43. The quantitative estimate of drug-likeness (QED) is 0.636. The molecule has 0 aliphatic rings. The summed E-state index contributed by atoms with van der Waals surface area (Å²) in [5, 5.41) is 11.5. The maximum absolute atomic E-state index is 11.5. The third kappa shape index (κ3) is 11.3. The Morgan fingerprint density at radius 3 is 2.30 bits per heavy atom. The number of carbonyl (C=O) groups is 2. The van der Waals surface area contributed by atoms with Gasteiger partial charge in [0, 0.05) is 11.5 Å². The van der Waals surface area contributed by atoms with E-state index < -0.39 is 23.7 Å². The molecule has 1 atom stereocenters. The normalized spacial score (nSPS) is 12.8. The number of ether oxygens (including phenoxy) is 1. The van der Waals surface area contributed by atoms with Crippen LogP contribution in [0.3, 0.4) is 0 Å². The molecule has 7 heteroatoms. The molecule has 0 saturated heterocycles. The molecule has 0 aromatic carbocycles. The van der Waals surface area contributed by atoms with Crippen LogP contribution in [0, 0.1) is 0 Å². The third-order valence-electron chi connectivity index (χ3n) is 2.12. The molecule has 0 bridgehead atoms. The Hall–Kier alpha value is -0.560. The van der Waals surface area contributed by atoms with Gasteiger partial charge in [0.2, 0.25) is 0 Å². The average Bonchev–Trinajstić information content (AvgIpc) is 2.29. The van der Waals surface area contributed by atoms with E-state index in [-0.39, 0.29) is 0 Å². The fourth-order valence-electron chi connectivity index (χ4n) is 1.27. The second-order valence-electron chi connectivity index (χ2n) is 5.14. The van der Waals surface area contributed by atoms with Gasteiger partial charge in [-0.1, -0.05) is 6.92 Å². The number of rotatable bonds is 9. The molecular formula is C13H25NO4S2. The maximum Gasteiger partial charge on any atom is 0.408 e. The highest BCUT2D eigenvalue weighted by molar-refractivity contribution is 8.02. The summed E-state index contributed by atoms with van der Waals surface area (Å²) in [5.74, 6) is 2.84. The molecule has 0 spiro atoms. The summed E-state index contributed by atoms with van der Waals surface area (Å²) in [4.78, 5) is 22.6. The maximum atomic E-state index is 11.5. The molecule has 0 saturated carbocycles. The van der Waals surface area contributed by atoms with E-state index in [4.69, 9.17) is 9.84 Å². The summed E-state index contributed by atoms with van der Waals surface area (Å²) >= 11 is 3.57. The van der Waals surface area contributed by atoms with E-state index in [1.54, 1.807) is 32.5 Å². The molecule has 0 aromatic heterocycles. The van der Waals surface area contributed by atoms with Crippen molar-refractivity contribution < 1.29 is 19.4 Å². The molecule has 1 unspecified atom stereocenters. The second-order valence-corrected chi connectivity index (χ2v) is 7.75. The first-order valence-corrected chi connectivity index (χ1v) is 8.95. The molecule has 0 heterocycles. The molecule has 5 nitrogen and oxygen atoms in total. The first kappa shape index (κ1) is 19.4. The van der Waals surface area contributed by atoms with Gasteiger partial charge in [-0.3, -0.25) is 0 Å². The van der Waals surface area contributed by atoms with Crippen molar-refractivity contribution in [3.8, 4) is 0 Å². The van der Waals surface area contributed by atoms with Crippen LogP contribution in [0.4, 0.5) is 4.79 Å². The number of thioether (sulfide) groups is 2. The highest BCUT2D eigenvalue weighted by Gasteiger charge is 2.23. The van der Waals surface area contributed by atoms with Crippen molar-refractivity contribution in [2.45, 2.75) is 45.8 Å². The Morgan fingerprint density at radius 2 is 1.80 bits per heavy atom. The van der Waals surface area contributed by atoms with Crippen molar-refractivity contribution in [1.29, 1.82) is 0 Å². The molecule has 0 fully saturated rings. The Kier molecular flexibility index (Phi) is 9.92. The number of alkyl carbamates (subject to hydrolysis) is 1. The zero-order valence-corrected chi connectivity index (χ0v) is 14.2. The first-order chi connectivity index (χ1) is 9.26. The number of amides is 1.